The third kappa shape index (κ3) is 4.19. The molecule has 0 aliphatic rings. The number of hydrogen-bond donors (Lipinski definition) is 2. The first-order chi connectivity index (χ1) is 14.5. The van der Waals surface area contributed by atoms with E-state index in [9.17, 15) is 28.4 Å². The van der Waals surface area contributed by atoms with Gasteiger partial charge in [-0.2, -0.15) is 5.10 Å². The SMILES string of the molecule is Cc1ccc(S(=O)(=O)N(C)c2c(C(=O)Nc3cc([N+](=O)[O-])ccc3O)cnn2C)cc1. The summed E-state index contributed by atoms with van der Waals surface area (Å²) in [6, 6.07) is 9.38. The average Bonchev–Trinajstić information content (AvgIpc) is 3.10. The zero-order chi connectivity index (χ0) is 22.9. The number of aromatic nitrogens is 2. The molecule has 11 nitrogen and oxygen atoms in total. The quantitative estimate of drug-likeness (QED) is 0.336. The van der Waals surface area contributed by atoms with E-state index in [0.29, 0.717) is 0 Å². The summed E-state index contributed by atoms with van der Waals surface area (Å²) in [6.45, 7) is 1.83. The molecule has 0 aliphatic carbocycles. The maximum absolute atomic E-state index is 13.0. The Balaban J connectivity index is 1.97. The molecule has 12 heteroatoms. The fraction of sp³-hybridized carbons (Fsp3) is 0.158. The van der Waals surface area contributed by atoms with Crippen LogP contribution < -0.4 is 9.62 Å². The Morgan fingerprint density at radius 2 is 1.87 bits per heavy atom. The van der Waals surface area contributed by atoms with E-state index in [0.717, 1.165) is 28.1 Å². The number of nitrogens with zero attached hydrogens (tertiary/aromatic N) is 4. The predicted octanol–water partition coefficient (Wildman–Crippen LogP) is 2.42. The van der Waals surface area contributed by atoms with Crippen LogP contribution in [-0.2, 0) is 17.1 Å². The number of non-ortho nitro benzene ring substituents is 1. The minimum absolute atomic E-state index is 0.0250. The number of aryl methyl sites for hydroxylation is 2. The number of anilines is 2. The highest BCUT2D eigenvalue weighted by molar-refractivity contribution is 7.92. The van der Waals surface area contributed by atoms with Crippen LogP contribution in [0.4, 0.5) is 17.2 Å². The number of benzene rings is 2. The number of rotatable bonds is 6. The molecule has 0 fully saturated rings. The zero-order valence-electron chi connectivity index (χ0n) is 16.8. The van der Waals surface area contributed by atoms with Crippen molar-refractivity contribution in [2.75, 3.05) is 16.7 Å². The van der Waals surface area contributed by atoms with Crippen molar-refractivity contribution in [2.45, 2.75) is 11.8 Å². The average molecular weight is 445 g/mol. The summed E-state index contributed by atoms with van der Waals surface area (Å²) in [4.78, 5) is 23.1. The summed E-state index contributed by atoms with van der Waals surface area (Å²) < 4.78 is 28.2. The molecule has 1 amide bonds. The van der Waals surface area contributed by atoms with Gasteiger partial charge in [0.15, 0.2) is 5.82 Å². The van der Waals surface area contributed by atoms with Crippen molar-refractivity contribution < 1.29 is 23.2 Å². The molecule has 0 atom stereocenters. The number of nitro benzene ring substituents is 1. The first-order valence-electron chi connectivity index (χ1n) is 8.88. The van der Waals surface area contributed by atoms with Crippen LogP contribution in [0.25, 0.3) is 0 Å². The number of nitrogens with one attached hydrogen (secondary N) is 1. The molecule has 0 saturated carbocycles. The van der Waals surface area contributed by atoms with Gasteiger partial charge in [-0.1, -0.05) is 17.7 Å². The predicted molar refractivity (Wildman–Crippen MR) is 113 cm³/mol. The van der Waals surface area contributed by atoms with Gasteiger partial charge in [-0.15, -0.1) is 0 Å². The van der Waals surface area contributed by atoms with Gasteiger partial charge in [-0.3, -0.25) is 23.9 Å². The van der Waals surface area contributed by atoms with E-state index in [-0.39, 0.29) is 33.4 Å². The van der Waals surface area contributed by atoms with Crippen molar-refractivity contribution in [1.29, 1.82) is 0 Å². The highest BCUT2D eigenvalue weighted by Crippen LogP contribution is 2.30. The third-order valence-electron chi connectivity index (χ3n) is 4.57. The van der Waals surface area contributed by atoms with Gasteiger partial charge in [0.1, 0.15) is 11.3 Å². The number of phenolic OH excluding ortho intramolecular Hbond substituents is 1. The number of nitro groups is 1. The van der Waals surface area contributed by atoms with Crippen LogP contribution >= 0.6 is 0 Å². The minimum Gasteiger partial charge on any atom is -0.506 e. The second-order valence-electron chi connectivity index (χ2n) is 6.70. The summed E-state index contributed by atoms with van der Waals surface area (Å²) in [5.41, 5.74) is 0.252. The van der Waals surface area contributed by atoms with Crippen molar-refractivity contribution >= 4 is 33.1 Å². The topological polar surface area (TPSA) is 148 Å². The standard InChI is InChI=1S/C19H19N5O6S/c1-12-4-7-14(8-5-12)31(29,30)23(3)19-15(11-20-22(19)2)18(26)21-16-10-13(24(27)28)6-9-17(16)25/h4-11,25H,1-3H3,(H,21,26). The number of carbonyl (C=O) groups excluding carboxylic acids is 1. The fourth-order valence-corrected chi connectivity index (χ4v) is 4.11. The van der Waals surface area contributed by atoms with E-state index in [2.05, 4.69) is 10.4 Å². The molecule has 1 heterocycles. The maximum atomic E-state index is 13.0. The van der Waals surface area contributed by atoms with Crippen molar-refractivity contribution in [3.05, 3.63) is 69.9 Å². The van der Waals surface area contributed by atoms with Crippen molar-refractivity contribution in [2.24, 2.45) is 7.05 Å². The van der Waals surface area contributed by atoms with Crippen molar-refractivity contribution in [3.63, 3.8) is 0 Å². The molecule has 162 valence electrons. The molecule has 2 N–H and O–H groups in total. The molecule has 0 bridgehead atoms. The molecule has 0 aliphatic heterocycles. The Bertz CT molecular complexity index is 1270. The number of hydrogen-bond acceptors (Lipinski definition) is 7. The molecule has 0 spiro atoms. The molecule has 2 aromatic carbocycles. The van der Waals surface area contributed by atoms with Crippen molar-refractivity contribution in [3.8, 4) is 5.75 Å². The first kappa shape index (κ1) is 21.8. The second kappa shape index (κ2) is 8.07. The van der Waals surface area contributed by atoms with Gasteiger partial charge in [-0.25, -0.2) is 8.42 Å². The van der Waals surface area contributed by atoms with Crippen LogP contribution in [0.2, 0.25) is 0 Å². The number of aromatic hydroxyl groups is 1. The lowest BCUT2D eigenvalue weighted by Gasteiger charge is -2.21. The monoisotopic (exact) mass is 445 g/mol. The maximum Gasteiger partial charge on any atom is 0.271 e. The van der Waals surface area contributed by atoms with Gasteiger partial charge in [-0.05, 0) is 25.1 Å². The van der Waals surface area contributed by atoms with E-state index in [1.807, 2.05) is 6.92 Å². The Morgan fingerprint density at radius 1 is 1.23 bits per heavy atom. The molecule has 0 unspecified atom stereocenters. The summed E-state index contributed by atoms with van der Waals surface area (Å²) in [7, 11) is -1.25. The highest BCUT2D eigenvalue weighted by atomic mass is 32.2. The molecule has 0 saturated heterocycles. The largest absolute Gasteiger partial charge is 0.506 e. The van der Waals surface area contributed by atoms with Crippen LogP contribution in [0.15, 0.2) is 53.6 Å². The molecule has 31 heavy (non-hydrogen) atoms. The number of carbonyl (C=O) groups is 1. The van der Waals surface area contributed by atoms with Crippen molar-refractivity contribution in [1.82, 2.24) is 9.78 Å². The molecule has 1 aromatic heterocycles. The lowest BCUT2D eigenvalue weighted by atomic mass is 10.2. The molecule has 3 rings (SSSR count). The Morgan fingerprint density at radius 3 is 2.48 bits per heavy atom. The van der Waals surface area contributed by atoms with E-state index in [1.54, 1.807) is 12.1 Å². The van der Waals surface area contributed by atoms with Crippen LogP contribution in [0.3, 0.4) is 0 Å². The van der Waals surface area contributed by atoms with Crippen LogP contribution in [0.5, 0.6) is 5.75 Å². The van der Waals surface area contributed by atoms with E-state index in [1.165, 1.54) is 37.1 Å². The van der Waals surface area contributed by atoms with Gasteiger partial charge in [0.05, 0.1) is 21.7 Å². The van der Waals surface area contributed by atoms with Gasteiger partial charge >= 0.3 is 0 Å². The third-order valence-corrected chi connectivity index (χ3v) is 6.33. The first-order valence-corrected chi connectivity index (χ1v) is 10.3. The van der Waals surface area contributed by atoms with E-state index < -0.39 is 20.9 Å². The van der Waals surface area contributed by atoms with Gasteiger partial charge < -0.3 is 10.4 Å². The molecular formula is C19H19N5O6S. The lowest BCUT2D eigenvalue weighted by molar-refractivity contribution is -0.384. The van der Waals surface area contributed by atoms with Crippen LogP contribution in [0.1, 0.15) is 15.9 Å². The summed E-state index contributed by atoms with van der Waals surface area (Å²) >= 11 is 0. The number of amides is 1. The van der Waals surface area contributed by atoms with Crippen LogP contribution in [0, 0.1) is 17.0 Å². The summed E-state index contributed by atoms with van der Waals surface area (Å²) in [5, 5.41) is 27.2. The Kier molecular flexibility index (Phi) is 5.66. The number of sulfonamides is 1. The van der Waals surface area contributed by atoms with E-state index >= 15 is 0 Å². The minimum atomic E-state index is -4.00. The normalized spacial score (nSPS) is 11.2. The summed E-state index contributed by atoms with van der Waals surface area (Å²) in [5.74, 6) is -1.21. The lowest BCUT2D eigenvalue weighted by Crippen LogP contribution is -2.30. The number of phenols is 1. The fourth-order valence-electron chi connectivity index (χ4n) is 2.87. The second-order valence-corrected chi connectivity index (χ2v) is 8.67. The molecule has 3 aromatic rings. The molecular weight excluding hydrogens is 426 g/mol. The highest BCUT2D eigenvalue weighted by Gasteiger charge is 2.29. The molecule has 0 radical (unpaired) electrons. The Hall–Kier alpha value is -3.93. The smallest absolute Gasteiger partial charge is 0.271 e. The van der Waals surface area contributed by atoms with Gasteiger partial charge in [0.2, 0.25) is 0 Å². The summed E-state index contributed by atoms with van der Waals surface area (Å²) in [6.07, 6.45) is 1.17. The van der Waals surface area contributed by atoms with E-state index in [4.69, 9.17) is 0 Å². The Labute approximate surface area is 177 Å². The van der Waals surface area contributed by atoms with Crippen LogP contribution in [-0.4, -0.2) is 41.2 Å². The van der Waals surface area contributed by atoms with Gasteiger partial charge in [0, 0.05) is 26.2 Å². The zero-order valence-corrected chi connectivity index (χ0v) is 17.6. The van der Waals surface area contributed by atoms with Gasteiger partial charge in [0.25, 0.3) is 21.6 Å².